The summed E-state index contributed by atoms with van der Waals surface area (Å²) < 4.78 is 5.09. The molecular formula is C13H26O3. The molecule has 3 heteroatoms. The summed E-state index contributed by atoms with van der Waals surface area (Å²) >= 11 is 0. The summed E-state index contributed by atoms with van der Waals surface area (Å²) in [5, 5.41) is 19.5. The number of hydrogen-bond acceptors (Lipinski definition) is 3. The Labute approximate surface area is 99.1 Å². The first-order valence-electron chi connectivity index (χ1n) is 5.95. The molecule has 0 heterocycles. The van der Waals surface area contributed by atoms with Crippen LogP contribution in [0.3, 0.4) is 0 Å². The fourth-order valence-corrected chi connectivity index (χ4v) is 1.41. The van der Waals surface area contributed by atoms with Crippen LogP contribution in [0.5, 0.6) is 0 Å². The molecule has 0 saturated heterocycles. The molecule has 3 nitrogen and oxygen atoms in total. The molecule has 0 spiro atoms. The second-order valence-corrected chi connectivity index (χ2v) is 5.05. The van der Waals surface area contributed by atoms with Crippen LogP contribution in [-0.2, 0) is 4.74 Å². The van der Waals surface area contributed by atoms with Crippen LogP contribution in [0.1, 0.15) is 34.6 Å². The van der Waals surface area contributed by atoms with Gasteiger partial charge < -0.3 is 14.9 Å². The van der Waals surface area contributed by atoms with Gasteiger partial charge in [0.2, 0.25) is 0 Å². The highest BCUT2D eigenvalue weighted by Crippen LogP contribution is 2.34. The highest BCUT2D eigenvalue weighted by Gasteiger charge is 2.35. The van der Waals surface area contributed by atoms with Crippen LogP contribution in [0.25, 0.3) is 0 Å². The molecule has 16 heavy (non-hydrogen) atoms. The van der Waals surface area contributed by atoms with E-state index in [1.807, 2.05) is 20.8 Å². The van der Waals surface area contributed by atoms with E-state index >= 15 is 0 Å². The maximum absolute atomic E-state index is 10.2. The summed E-state index contributed by atoms with van der Waals surface area (Å²) in [6, 6.07) is 0. The summed E-state index contributed by atoms with van der Waals surface area (Å²) in [6.45, 7) is 10.6. The molecule has 2 N–H and O–H groups in total. The van der Waals surface area contributed by atoms with Crippen LogP contribution >= 0.6 is 0 Å². The van der Waals surface area contributed by atoms with Gasteiger partial charge in [-0.25, -0.2) is 0 Å². The number of rotatable bonds is 7. The van der Waals surface area contributed by atoms with Gasteiger partial charge in [0.05, 0.1) is 25.6 Å². The molecule has 0 aromatic carbocycles. The molecule has 0 amide bonds. The monoisotopic (exact) mass is 230 g/mol. The van der Waals surface area contributed by atoms with Gasteiger partial charge in [-0.05, 0) is 24.3 Å². The third-order valence-electron chi connectivity index (χ3n) is 3.46. The van der Waals surface area contributed by atoms with E-state index in [1.165, 1.54) is 0 Å². The quantitative estimate of drug-likeness (QED) is 0.659. The van der Waals surface area contributed by atoms with Crippen molar-refractivity contribution in [3.63, 3.8) is 0 Å². The molecule has 0 saturated carbocycles. The molecular weight excluding hydrogens is 204 g/mol. The van der Waals surface area contributed by atoms with Crippen molar-refractivity contribution in [2.75, 3.05) is 13.2 Å². The molecule has 0 rings (SSSR count). The van der Waals surface area contributed by atoms with E-state index in [0.29, 0.717) is 12.5 Å². The molecule has 0 aromatic rings. The lowest BCUT2D eigenvalue weighted by atomic mass is 9.72. The van der Waals surface area contributed by atoms with E-state index in [-0.39, 0.29) is 17.9 Å². The van der Waals surface area contributed by atoms with Crippen LogP contribution in [0.15, 0.2) is 12.3 Å². The van der Waals surface area contributed by atoms with Gasteiger partial charge in [-0.1, -0.05) is 27.7 Å². The van der Waals surface area contributed by atoms with Gasteiger partial charge >= 0.3 is 0 Å². The number of ether oxygens (including phenoxy) is 1. The molecule has 0 bridgehead atoms. The largest absolute Gasteiger partial charge is 0.502 e. The SMILES string of the molecule is CCO/C=C/C(CO)C(O)C(C)(C)C(C)C. The van der Waals surface area contributed by atoms with Crippen LogP contribution in [-0.4, -0.2) is 29.5 Å². The van der Waals surface area contributed by atoms with Crippen LogP contribution < -0.4 is 0 Å². The van der Waals surface area contributed by atoms with E-state index in [9.17, 15) is 10.2 Å². The first kappa shape index (κ1) is 15.5. The van der Waals surface area contributed by atoms with Gasteiger partial charge in [-0.2, -0.15) is 0 Å². The van der Waals surface area contributed by atoms with Crippen molar-refractivity contribution < 1.29 is 14.9 Å². The maximum atomic E-state index is 10.2. The molecule has 96 valence electrons. The Bertz CT molecular complexity index is 209. The van der Waals surface area contributed by atoms with Gasteiger partial charge in [0.15, 0.2) is 0 Å². The molecule has 0 radical (unpaired) electrons. The standard InChI is InChI=1S/C13H26O3/c1-6-16-8-7-11(9-14)12(15)13(4,5)10(2)3/h7-8,10-12,14-15H,6,9H2,1-5H3/b8-7+. The van der Waals surface area contributed by atoms with Gasteiger partial charge in [0.25, 0.3) is 0 Å². The lowest BCUT2D eigenvalue weighted by Gasteiger charge is -2.37. The van der Waals surface area contributed by atoms with Crippen LogP contribution in [0.2, 0.25) is 0 Å². The predicted molar refractivity (Wildman–Crippen MR) is 66.0 cm³/mol. The molecule has 0 fully saturated rings. The van der Waals surface area contributed by atoms with E-state index in [4.69, 9.17) is 4.74 Å². The van der Waals surface area contributed by atoms with Crippen molar-refractivity contribution >= 4 is 0 Å². The van der Waals surface area contributed by atoms with Crippen molar-refractivity contribution in [1.82, 2.24) is 0 Å². The Morgan fingerprint density at radius 1 is 1.31 bits per heavy atom. The Morgan fingerprint density at radius 2 is 1.88 bits per heavy atom. The topological polar surface area (TPSA) is 49.7 Å². The zero-order chi connectivity index (χ0) is 12.8. The van der Waals surface area contributed by atoms with Crippen LogP contribution in [0, 0.1) is 17.3 Å². The second-order valence-electron chi connectivity index (χ2n) is 5.05. The Morgan fingerprint density at radius 3 is 2.25 bits per heavy atom. The summed E-state index contributed by atoms with van der Waals surface area (Å²) in [4.78, 5) is 0. The summed E-state index contributed by atoms with van der Waals surface area (Å²) in [5.74, 6) is 0.0704. The minimum atomic E-state index is -0.575. The van der Waals surface area contributed by atoms with E-state index in [1.54, 1.807) is 12.3 Å². The van der Waals surface area contributed by atoms with Crippen molar-refractivity contribution in [3.8, 4) is 0 Å². The zero-order valence-corrected chi connectivity index (χ0v) is 11.1. The highest BCUT2D eigenvalue weighted by molar-refractivity contribution is 4.94. The van der Waals surface area contributed by atoms with Crippen LogP contribution in [0.4, 0.5) is 0 Å². The first-order valence-corrected chi connectivity index (χ1v) is 5.95. The molecule has 2 unspecified atom stereocenters. The molecule has 0 aliphatic rings. The normalized spacial score (nSPS) is 16.8. The van der Waals surface area contributed by atoms with Crippen molar-refractivity contribution in [1.29, 1.82) is 0 Å². The number of aliphatic hydroxyl groups is 2. The minimum Gasteiger partial charge on any atom is -0.502 e. The number of aliphatic hydroxyl groups excluding tert-OH is 2. The fourth-order valence-electron chi connectivity index (χ4n) is 1.41. The maximum Gasteiger partial charge on any atom is 0.0845 e. The highest BCUT2D eigenvalue weighted by atomic mass is 16.5. The molecule has 2 atom stereocenters. The summed E-state index contributed by atoms with van der Waals surface area (Å²) in [7, 11) is 0. The Kier molecular flexibility index (Phi) is 6.68. The van der Waals surface area contributed by atoms with Gasteiger partial charge in [0.1, 0.15) is 0 Å². The smallest absolute Gasteiger partial charge is 0.0845 e. The van der Waals surface area contributed by atoms with Crippen molar-refractivity contribution in [3.05, 3.63) is 12.3 Å². The average Bonchev–Trinajstić information content (AvgIpc) is 2.23. The van der Waals surface area contributed by atoms with E-state index in [2.05, 4.69) is 13.8 Å². The van der Waals surface area contributed by atoms with E-state index in [0.717, 1.165) is 0 Å². The van der Waals surface area contributed by atoms with E-state index < -0.39 is 6.10 Å². The number of hydrogen-bond donors (Lipinski definition) is 2. The Hall–Kier alpha value is -0.540. The lowest BCUT2D eigenvalue weighted by Crippen LogP contribution is -2.40. The molecule has 0 aliphatic carbocycles. The second kappa shape index (κ2) is 6.92. The zero-order valence-electron chi connectivity index (χ0n) is 11.1. The fraction of sp³-hybridized carbons (Fsp3) is 0.846. The third-order valence-corrected chi connectivity index (χ3v) is 3.46. The van der Waals surface area contributed by atoms with Gasteiger partial charge in [0, 0.05) is 5.92 Å². The molecule has 0 aliphatic heterocycles. The predicted octanol–water partition coefficient (Wildman–Crippen LogP) is 2.19. The van der Waals surface area contributed by atoms with Crippen molar-refractivity contribution in [2.24, 2.45) is 17.3 Å². The first-order chi connectivity index (χ1) is 7.37. The molecule has 0 aromatic heterocycles. The minimum absolute atomic E-state index is 0.0686. The van der Waals surface area contributed by atoms with Crippen molar-refractivity contribution in [2.45, 2.75) is 40.7 Å². The lowest BCUT2D eigenvalue weighted by molar-refractivity contribution is -0.0266. The summed E-state index contributed by atoms with van der Waals surface area (Å²) in [5.41, 5.74) is -0.232. The van der Waals surface area contributed by atoms with Gasteiger partial charge in [-0.3, -0.25) is 0 Å². The average molecular weight is 230 g/mol. The van der Waals surface area contributed by atoms with Gasteiger partial charge in [-0.15, -0.1) is 0 Å². The summed E-state index contributed by atoms with van der Waals surface area (Å²) in [6.07, 6.45) is 2.72. The Balaban J connectivity index is 4.58. The third kappa shape index (κ3) is 4.14.